The van der Waals surface area contributed by atoms with Crippen molar-refractivity contribution in [3.05, 3.63) is 77.6 Å². The molecule has 1 saturated carbocycles. The first-order valence-corrected chi connectivity index (χ1v) is 9.42. The third-order valence-electron chi connectivity index (χ3n) is 5.06. The average Bonchev–Trinajstić information content (AvgIpc) is 3.53. The second kappa shape index (κ2) is 7.43. The number of amides is 2. The Morgan fingerprint density at radius 3 is 2.32 bits per heavy atom. The lowest BCUT2D eigenvalue weighted by molar-refractivity contribution is -0.117. The van der Waals surface area contributed by atoms with Gasteiger partial charge in [-0.1, -0.05) is 42.5 Å². The van der Waals surface area contributed by atoms with Crippen molar-refractivity contribution in [2.45, 2.75) is 25.8 Å². The predicted octanol–water partition coefficient (Wildman–Crippen LogP) is 4.82. The van der Waals surface area contributed by atoms with Gasteiger partial charge < -0.3 is 10.6 Å². The van der Waals surface area contributed by atoms with E-state index in [1.807, 2.05) is 30.3 Å². The summed E-state index contributed by atoms with van der Waals surface area (Å²) in [5, 5.41) is 7.58. The quantitative estimate of drug-likeness (QED) is 0.671. The zero-order chi connectivity index (χ0) is 19.7. The summed E-state index contributed by atoms with van der Waals surface area (Å²) in [7, 11) is 0. The van der Waals surface area contributed by atoms with Crippen LogP contribution in [0.4, 0.5) is 10.1 Å². The summed E-state index contributed by atoms with van der Waals surface area (Å²) in [5.41, 5.74) is 1.27. The molecule has 0 spiro atoms. The Hall–Kier alpha value is -3.21. The molecular weight excluding hydrogens is 355 g/mol. The highest BCUT2D eigenvalue weighted by atomic mass is 19.1. The minimum Gasteiger partial charge on any atom is -0.345 e. The number of nitrogens with one attached hydrogen (secondary N) is 2. The van der Waals surface area contributed by atoms with Crippen LogP contribution >= 0.6 is 0 Å². The molecule has 3 aromatic rings. The molecule has 1 aliphatic rings. The number of fused-ring (bicyclic) bond motifs is 1. The standard InChI is InChI=1S/C23H21FN2O2/c1-14(18-8-4-5-9-20(18)24)25-23(28)19-12-16-6-2-3-7-17(16)13-21(19)26-22(27)15-10-11-15/h2-9,12-15H,10-11H2,1H3,(H,25,28)(H,26,27)/t14-/m0/s1. The Morgan fingerprint density at radius 1 is 1.00 bits per heavy atom. The molecule has 0 heterocycles. The largest absolute Gasteiger partial charge is 0.345 e. The smallest absolute Gasteiger partial charge is 0.253 e. The minimum absolute atomic E-state index is 0.0275. The molecule has 4 rings (SSSR count). The Bertz CT molecular complexity index is 1060. The molecule has 1 fully saturated rings. The molecule has 2 amide bonds. The number of anilines is 1. The van der Waals surface area contributed by atoms with Crippen LogP contribution < -0.4 is 10.6 Å². The van der Waals surface area contributed by atoms with Gasteiger partial charge in [-0.15, -0.1) is 0 Å². The maximum Gasteiger partial charge on any atom is 0.253 e. The molecule has 0 aromatic heterocycles. The van der Waals surface area contributed by atoms with Crippen molar-refractivity contribution in [2.75, 3.05) is 5.32 Å². The molecule has 1 aliphatic carbocycles. The normalized spacial score (nSPS) is 14.5. The third kappa shape index (κ3) is 3.74. The van der Waals surface area contributed by atoms with Crippen LogP contribution in [-0.2, 0) is 4.79 Å². The maximum absolute atomic E-state index is 14.0. The third-order valence-corrected chi connectivity index (χ3v) is 5.06. The average molecular weight is 376 g/mol. The van der Waals surface area contributed by atoms with Crippen LogP contribution in [0.2, 0.25) is 0 Å². The van der Waals surface area contributed by atoms with Gasteiger partial charge in [0.05, 0.1) is 17.3 Å². The molecule has 0 radical (unpaired) electrons. The van der Waals surface area contributed by atoms with Gasteiger partial charge in [0.25, 0.3) is 5.91 Å². The van der Waals surface area contributed by atoms with Crippen molar-refractivity contribution < 1.29 is 14.0 Å². The Kier molecular flexibility index (Phi) is 4.82. The zero-order valence-electron chi connectivity index (χ0n) is 15.5. The van der Waals surface area contributed by atoms with Crippen molar-refractivity contribution in [3.8, 4) is 0 Å². The number of carbonyl (C=O) groups excluding carboxylic acids is 2. The molecule has 0 unspecified atom stereocenters. The monoisotopic (exact) mass is 376 g/mol. The van der Waals surface area contributed by atoms with E-state index in [9.17, 15) is 14.0 Å². The van der Waals surface area contributed by atoms with Gasteiger partial charge in [0.1, 0.15) is 5.82 Å². The number of hydrogen-bond acceptors (Lipinski definition) is 2. The van der Waals surface area contributed by atoms with Gasteiger partial charge >= 0.3 is 0 Å². The van der Waals surface area contributed by atoms with E-state index in [0.29, 0.717) is 16.8 Å². The van der Waals surface area contributed by atoms with E-state index in [4.69, 9.17) is 0 Å². The molecule has 28 heavy (non-hydrogen) atoms. The van der Waals surface area contributed by atoms with Crippen molar-refractivity contribution in [1.82, 2.24) is 5.32 Å². The molecule has 0 aliphatic heterocycles. The molecule has 142 valence electrons. The lowest BCUT2D eigenvalue weighted by Gasteiger charge is -2.18. The van der Waals surface area contributed by atoms with Crippen LogP contribution in [0.15, 0.2) is 60.7 Å². The Labute approximate surface area is 162 Å². The summed E-state index contributed by atoms with van der Waals surface area (Å²) in [6, 6.07) is 17.1. The molecule has 4 nitrogen and oxygen atoms in total. The highest BCUT2D eigenvalue weighted by molar-refractivity contribution is 6.08. The van der Waals surface area contributed by atoms with Crippen molar-refractivity contribution in [3.63, 3.8) is 0 Å². The van der Waals surface area contributed by atoms with Crippen molar-refractivity contribution in [2.24, 2.45) is 5.92 Å². The summed E-state index contributed by atoms with van der Waals surface area (Å²) < 4.78 is 14.0. The lowest BCUT2D eigenvalue weighted by Crippen LogP contribution is -2.28. The van der Waals surface area contributed by atoms with Crippen LogP contribution in [0.1, 0.15) is 41.7 Å². The van der Waals surface area contributed by atoms with Gasteiger partial charge in [-0.2, -0.15) is 0 Å². The maximum atomic E-state index is 14.0. The number of rotatable bonds is 5. The van der Waals surface area contributed by atoms with Crippen LogP contribution in [0, 0.1) is 11.7 Å². The van der Waals surface area contributed by atoms with Crippen molar-refractivity contribution >= 4 is 28.3 Å². The van der Waals surface area contributed by atoms with Crippen molar-refractivity contribution in [1.29, 1.82) is 0 Å². The summed E-state index contributed by atoms with van der Waals surface area (Å²) in [6.07, 6.45) is 1.76. The first kappa shape index (κ1) is 18.2. The van der Waals surface area contributed by atoms with E-state index in [-0.39, 0.29) is 23.5 Å². The van der Waals surface area contributed by atoms with E-state index >= 15 is 0 Å². The second-order valence-electron chi connectivity index (χ2n) is 7.23. The molecule has 0 saturated heterocycles. The second-order valence-corrected chi connectivity index (χ2v) is 7.23. The fraction of sp³-hybridized carbons (Fsp3) is 0.217. The van der Waals surface area contributed by atoms with Gasteiger partial charge in [0.2, 0.25) is 5.91 Å². The summed E-state index contributed by atoms with van der Waals surface area (Å²) in [4.78, 5) is 25.3. The zero-order valence-corrected chi connectivity index (χ0v) is 15.5. The first-order valence-electron chi connectivity index (χ1n) is 9.42. The van der Waals surface area contributed by atoms with Gasteiger partial charge in [-0.3, -0.25) is 9.59 Å². The fourth-order valence-electron chi connectivity index (χ4n) is 3.29. The molecule has 3 aromatic carbocycles. The highest BCUT2D eigenvalue weighted by Crippen LogP contribution is 2.32. The van der Waals surface area contributed by atoms with Crippen LogP contribution in [-0.4, -0.2) is 11.8 Å². The summed E-state index contributed by atoms with van der Waals surface area (Å²) in [6.45, 7) is 1.74. The van der Waals surface area contributed by atoms with Crippen LogP contribution in [0.25, 0.3) is 10.8 Å². The van der Waals surface area contributed by atoms with E-state index in [0.717, 1.165) is 23.6 Å². The van der Waals surface area contributed by atoms with E-state index < -0.39 is 6.04 Å². The van der Waals surface area contributed by atoms with Gasteiger partial charge in [-0.05, 0) is 48.7 Å². The number of benzene rings is 3. The molecular formula is C23H21FN2O2. The first-order chi connectivity index (χ1) is 13.5. The Morgan fingerprint density at radius 2 is 1.64 bits per heavy atom. The molecule has 1 atom stereocenters. The van der Waals surface area contributed by atoms with E-state index in [1.54, 1.807) is 31.2 Å². The molecule has 0 bridgehead atoms. The number of carbonyl (C=O) groups is 2. The fourth-order valence-corrected chi connectivity index (χ4v) is 3.29. The topological polar surface area (TPSA) is 58.2 Å². The number of halogens is 1. The summed E-state index contributed by atoms with van der Waals surface area (Å²) in [5.74, 6) is -0.755. The number of hydrogen-bond donors (Lipinski definition) is 2. The van der Waals surface area contributed by atoms with Gasteiger partial charge in [-0.25, -0.2) is 4.39 Å². The SMILES string of the molecule is C[C@H](NC(=O)c1cc2ccccc2cc1NC(=O)C1CC1)c1ccccc1F. The van der Waals surface area contributed by atoms with E-state index in [1.165, 1.54) is 6.07 Å². The van der Waals surface area contributed by atoms with Gasteiger partial charge in [0.15, 0.2) is 0 Å². The van der Waals surface area contributed by atoms with E-state index in [2.05, 4.69) is 10.6 Å². The minimum atomic E-state index is -0.507. The highest BCUT2D eigenvalue weighted by Gasteiger charge is 2.30. The van der Waals surface area contributed by atoms with Crippen LogP contribution in [0.3, 0.4) is 0 Å². The lowest BCUT2D eigenvalue weighted by atomic mass is 10.0. The predicted molar refractivity (Wildman–Crippen MR) is 108 cm³/mol. The Balaban J connectivity index is 1.66. The van der Waals surface area contributed by atoms with Crippen LogP contribution in [0.5, 0.6) is 0 Å². The molecule has 2 N–H and O–H groups in total. The summed E-state index contributed by atoms with van der Waals surface area (Å²) >= 11 is 0. The molecule has 5 heteroatoms. The van der Waals surface area contributed by atoms with Gasteiger partial charge in [0, 0.05) is 11.5 Å².